The second-order valence-electron chi connectivity index (χ2n) is 6.03. The minimum atomic E-state index is -0.544. The number of aromatic nitrogens is 3. The Morgan fingerprint density at radius 1 is 1.00 bits per heavy atom. The van der Waals surface area contributed by atoms with E-state index in [1.165, 1.54) is 28.8 Å². The van der Waals surface area contributed by atoms with Crippen LogP contribution in [0.3, 0.4) is 0 Å². The Morgan fingerprint density at radius 3 is 2.39 bits per heavy atom. The van der Waals surface area contributed by atoms with Gasteiger partial charge in [-0.15, -0.1) is 0 Å². The van der Waals surface area contributed by atoms with Crippen LogP contribution in [-0.4, -0.2) is 26.4 Å². The molecule has 138 valence electrons. The van der Waals surface area contributed by atoms with E-state index in [4.69, 9.17) is 5.73 Å². The van der Waals surface area contributed by atoms with Crippen LogP contribution in [-0.2, 0) is 0 Å². The normalized spacial score (nSPS) is 10.8. The predicted octanol–water partition coefficient (Wildman–Crippen LogP) is 2.89. The van der Waals surface area contributed by atoms with Gasteiger partial charge in [0, 0.05) is 29.1 Å². The number of amides is 2. The number of hydrogen-bond acceptors (Lipinski definition) is 4. The van der Waals surface area contributed by atoms with Crippen molar-refractivity contribution in [3.05, 3.63) is 83.9 Å². The number of benzene rings is 2. The summed E-state index contributed by atoms with van der Waals surface area (Å²) in [4.78, 5) is 27.9. The van der Waals surface area contributed by atoms with Gasteiger partial charge in [0.15, 0.2) is 11.3 Å². The van der Waals surface area contributed by atoms with E-state index in [0.717, 1.165) is 5.56 Å². The average molecular weight is 375 g/mol. The van der Waals surface area contributed by atoms with Gasteiger partial charge in [0.25, 0.3) is 5.91 Å². The van der Waals surface area contributed by atoms with E-state index in [2.05, 4.69) is 15.4 Å². The number of hydrogen-bond donors (Lipinski definition) is 2. The SMILES string of the molecule is NC(=O)c1ccc(NC(=O)c2cc3nccc(-c4ccc(F)cc4)n3n2)cc1. The first-order valence-electron chi connectivity index (χ1n) is 8.33. The van der Waals surface area contributed by atoms with Gasteiger partial charge in [-0.2, -0.15) is 5.10 Å². The maximum Gasteiger partial charge on any atom is 0.276 e. The van der Waals surface area contributed by atoms with Crippen LogP contribution in [0.25, 0.3) is 16.9 Å². The molecule has 0 fully saturated rings. The van der Waals surface area contributed by atoms with Crippen LogP contribution in [0.4, 0.5) is 10.1 Å². The number of fused-ring (bicyclic) bond motifs is 1. The predicted molar refractivity (Wildman–Crippen MR) is 101 cm³/mol. The molecule has 0 saturated carbocycles. The highest BCUT2D eigenvalue weighted by atomic mass is 19.1. The first kappa shape index (κ1) is 17.3. The average Bonchev–Trinajstić information content (AvgIpc) is 3.14. The number of halogens is 1. The molecule has 2 aromatic heterocycles. The van der Waals surface area contributed by atoms with Gasteiger partial charge in [-0.3, -0.25) is 9.59 Å². The Morgan fingerprint density at radius 2 is 1.71 bits per heavy atom. The molecule has 0 radical (unpaired) electrons. The first-order chi connectivity index (χ1) is 13.5. The third-order valence-electron chi connectivity index (χ3n) is 4.16. The fourth-order valence-electron chi connectivity index (χ4n) is 2.76. The Balaban J connectivity index is 1.64. The fourth-order valence-corrected chi connectivity index (χ4v) is 2.76. The lowest BCUT2D eigenvalue weighted by Crippen LogP contribution is -2.14. The number of rotatable bonds is 4. The molecule has 0 aliphatic carbocycles. The number of nitrogens with zero attached hydrogens (tertiary/aromatic N) is 3. The molecule has 0 saturated heterocycles. The third kappa shape index (κ3) is 3.30. The summed E-state index contributed by atoms with van der Waals surface area (Å²) >= 11 is 0. The van der Waals surface area contributed by atoms with Crippen LogP contribution in [0, 0.1) is 5.82 Å². The van der Waals surface area contributed by atoms with Gasteiger partial charge in [0.2, 0.25) is 5.91 Å². The van der Waals surface area contributed by atoms with E-state index < -0.39 is 11.8 Å². The summed E-state index contributed by atoms with van der Waals surface area (Å²) in [5, 5.41) is 7.04. The Kier molecular flexibility index (Phi) is 4.29. The van der Waals surface area contributed by atoms with Crippen LogP contribution in [0.5, 0.6) is 0 Å². The zero-order chi connectivity index (χ0) is 19.7. The van der Waals surface area contributed by atoms with Crippen molar-refractivity contribution in [1.82, 2.24) is 14.6 Å². The van der Waals surface area contributed by atoms with Crippen LogP contribution in [0.1, 0.15) is 20.8 Å². The number of anilines is 1. The molecule has 0 unspecified atom stereocenters. The summed E-state index contributed by atoms with van der Waals surface area (Å²) in [6.45, 7) is 0. The smallest absolute Gasteiger partial charge is 0.276 e. The lowest BCUT2D eigenvalue weighted by molar-refractivity contribution is 0.0998. The summed E-state index contributed by atoms with van der Waals surface area (Å²) in [6, 6.07) is 15.5. The van der Waals surface area contributed by atoms with Crippen molar-refractivity contribution in [1.29, 1.82) is 0 Å². The van der Waals surface area contributed by atoms with Crippen LogP contribution in [0.2, 0.25) is 0 Å². The van der Waals surface area contributed by atoms with Crippen molar-refractivity contribution in [2.75, 3.05) is 5.32 Å². The second kappa shape index (κ2) is 6.92. The standard InChI is InChI=1S/C20H14FN5O2/c21-14-5-1-12(2-6-14)17-9-10-23-18-11-16(25-26(17)18)20(28)24-15-7-3-13(4-8-15)19(22)27/h1-11H,(H2,22,27)(H,24,28). The molecular formula is C20H14FN5O2. The minimum Gasteiger partial charge on any atom is -0.366 e. The van der Waals surface area contributed by atoms with Crippen LogP contribution in [0.15, 0.2) is 66.9 Å². The van der Waals surface area contributed by atoms with Gasteiger partial charge in [0.1, 0.15) is 5.82 Å². The number of carbonyl (C=O) groups is 2. The molecule has 2 heterocycles. The van der Waals surface area contributed by atoms with Gasteiger partial charge < -0.3 is 11.1 Å². The molecule has 28 heavy (non-hydrogen) atoms. The summed E-state index contributed by atoms with van der Waals surface area (Å²) < 4.78 is 14.7. The lowest BCUT2D eigenvalue weighted by Gasteiger charge is -2.04. The van der Waals surface area contributed by atoms with Crippen LogP contribution >= 0.6 is 0 Å². The molecule has 3 N–H and O–H groups in total. The van der Waals surface area contributed by atoms with Crippen molar-refractivity contribution < 1.29 is 14.0 Å². The first-order valence-corrected chi connectivity index (χ1v) is 8.33. The molecule has 2 amide bonds. The molecule has 7 nitrogen and oxygen atoms in total. The number of nitrogens with two attached hydrogens (primary N) is 1. The second-order valence-corrected chi connectivity index (χ2v) is 6.03. The van der Waals surface area contributed by atoms with Gasteiger partial charge in [-0.25, -0.2) is 13.9 Å². The van der Waals surface area contributed by atoms with Gasteiger partial charge in [-0.1, -0.05) is 0 Å². The topological polar surface area (TPSA) is 102 Å². The molecular weight excluding hydrogens is 361 g/mol. The van der Waals surface area contributed by atoms with Gasteiger partial charge in [-0.05, 0) is 54.6 Å². The van der Waals surface area contributed by atoms with Crippen molar-refractivity contribution in [3.8, 4) is 11.3 Å². The fraction of sp³-hybridized carbons (Fsp3) is 0. The van der Waals surface area contributed by atoms with Gasteiger partial charge >= 0.3 is 0 Å². The Labute approximate surface area is 158 Å². The summed E-state index contributed by atoms with van der Waals surface area (Å²) in [5.74, 6) is -1.31. The van der Waals surface area contributed by atoms with E-state index in [1.54, 1.807) is 42.6 Å². The highest BCUT2D eigenvalue weighted by Gasteiger charge is 2.14. The molecule has 0 spiro atoms. The molecule has 4 aromatic rings. The molecule has 0 atom stereocenters. The van der Waals surface area contributed by atoms with Crippen molar-refractivity contribution >= 4 is 23.1 Å². The zero-order valence-electron chi connectivity index (χ0n) is 14.5. The van der Waals surface area contributed by atoms with Gasteiger partial charge in [0.05, 0.1) is 5.69 Å². The molecule has 0 bridgehead atoms. The quantitative estimate of drug-likeness (QED) is 0.572. The van der Waals surface area contributed by atoms with E-state index in [1.807, 2.05) is 0 Å². The summed E-state index contributed by atoms with van der Waals surface area (Å²) in [7, 11) is 0. The number of nitrogens with one attached hydrogen (secondary N) is 1. The maximum atomic E-state index is 13.2. The summed E-state index contributed by atoms with van der Waals surface area (Å²) in [6.07, 6.45) is 1.60. The van der Waals surface area contributed by atoms with E-state index in [0.29, 0.717) is 22.6 Å². The van der Waals surface area contributed by atoms with Crippen molar-refractivity contribution in [3.63, 3.8) is 0 Å². The van der Waals surface area contributed by atoms with Crippen molar-refractivity contribution in [2.45, 2.75) is 0 Å². The Hall–Kier alpha value is -4.07. The largest absolute Gasteiger partial charge is 0.366 e. The third-order valence-corrected chi connectivity index (χ3v) is 4.16. The molecule has 8 heteroatoms. The number of carbonyl (C=O) groups excluding carboxylic acids is 2. The molecule has 0 aliphatic rings. The number of primary amides is 1. The maximum absolute atomic E-state index is 13.2. The minimum absolute atomic E-state index is 0.168. The highest BCUT2D eigenvalue weighted by Crippen LogP contribution is 2.21. The molecule has 0 aliphatic heterocycles. The van der Waals surface area contributed by atoms with E-state index in [9.17, 15) is 14.0 Å². The van der Waals surface area contributed by atoms with E-state index in [-0.39, 0.29) is 11.5 Å². The van der Waals surface area contributed by atoms with Crippen molar-refractivity contribution in [2.24, 2.45) is 5.73 Å². The Bertz CT molecular complexity index is 1180. The monoisotopic (exact) mass is 375 g/mol. The summed E-state index contributed by atoms with van der Waals surface area (Å²) in [5.41, 5.74) is 8.12. The molecule has 2 aromatic carbocycles. The molecule has 4 rings (SSSR count). The van der Waals surface area contributed by atoms with Crippen LogP contribution < -0.4 is 11.1 Å². The van der Waals surface area contributed by atoms with E-state index >= 15 is 0 Å². The highest BCUT2D eigenvalue weighted by molar-refractivity contribution is 6.04. The zero-order valence-corrected chi connectivity index (χ0v) is 14.5. The lowest BCUT2D eigenvalue weighted by atomic mass is 10.1.